The number of rotatable bonds is 3. The maximum Gasteiger partial charge on any atom is 0.417 e. The van der Waals surface area contributed by atoms with E-state index < -0.39 is 24.6 Å². The molecular formula is C14H23F3N2O2S. The van der Waals surface area contributed by atoms with E-state index in [1.807, 2.05) is 11.8 Å². The minimum Gasteiger partial charge on any atom is -0.380 e. The van der Waals surface area contributed by atoms with Gasteiger partial charge in [0.2, 0.25) is 0 Å². The Labute approximate surface area is 132 Å². The van der Waals surface area contributed by atoms with Crippen LogP contribution >= 0.6 is 11.8 Å². The first kappa shape index (κ1) is 17.7. The molecule has 2 unspecified atom stereocenters. The number of hydrogen-bond acceptors (Lipinski definition) is 3. The van der Waals surface area contributed by atoms with E-state index in [1.54, 1.807) is 0 Å². The van der Waals surface area contributed by atoms with Gasteiger partial charge in [-0.2, -0.15) is 24.9 Å². The number of amides is 2. The Bertz CT molecular complexity index is 398. The lowest BCUT2D eigenvalue weighted by atomic mass is 9.91. The lowest BCUT2D eigenvalue weighted by Crippen LogP contribution is -2.56. The van der Waals surface area contributed by atoms with Gasteiger partial charge in [0.25, 0.3) is 0 Å². The third-order valence-electron chi connectivity index (χ3n) is 4.52. The monoisotopic (exact) mass is 340 g/mol. The van der Waals surface area contributed by atoms with Crippen LogP contribution in [0.3, 0.4) is 0 Å². The summed E-state index contributed by atoms with van der Waals surface area (Å²) in [6, 6.07) is -0.198. The molecule has 2 amide bonds. The molecule has 22 heavy (non-hydrogen) atoms. The van der Waals surface area contributed by atoms with E-state index in [2.05, 4.69) is 12.2 Å². The standard InChI is InChI=1S/C14H23F3N2O2S/c1-2-22-11-4-3-10(9-11)18-12(20)19-7-5-13(21,6-8-19)14(15,16)17/h10-11,21H,2-9H2,1H3,(H,18,20). The van der Waals surface area contributed by atoms with Gasteiger partial charge in [-0.15, -0.1) is 0 Å². The molecule has 0 aromatic carbocycles. The topological polar surface area (TPSA) is 52.6 Å². The van der Waals surface area contributed by atoms with Gasteiger partial charge in [-0.25, -0.2) is 4.79 Å². The smallest absolute Gasteiger partial charge is 0.380 e. The number of nitrogens with one attached hydrogen (secondary N) is 1. The van der Waals surface area contributed by atoms with E-state index in [9.17, 15) is 23.1 Å². The Morgan fingerprint density at radius 3 is 2.55 bits per heavy atom. The lowest BCUT2D eigenvalue weighted by molar-refractivity contribution is -0.271. The highest BCUT2D eigenvalue weighted by atomic mass is 32.2. The summed E-state index contributed by atoms with van der Waals surface area (Å²) in [6.07, 6.45) is -2.64. The molecular weight excluding hydrogens is 317 g/mol. The summed E-state index contributed by atoms with van der Waals surface area (Å²) in [6.45, 7) is 1.97. The SMILES string of the molecule is CCSC1CCC(NC(=O)N2CCC(O)(C(F)(F)F)CC2)C1. The van der Waals surface area contributed by atoms with Gasteiger partial charge in [-0.3, -0.25) is 0 Å². The highest BCUT2D eigenvalue weighted by Gasteiger charge is 2.55. The maximum absolute atomic E-state index is 12.7. The molecule has 1 saturated carbocycles. The van der Waals surface area contributed by atoms with Crippen LogP contribution in [0.5, 0.6) is 0 Å². The minimum atomic E-state index is -4.63. The molecule has 0 aromatic rings. The molecule has 2 fully saturated rings. The Balaban J connectivity index is 1.79. The van der Waals surface area contributed by atoms with Crippen LogP contribution in [-0.4, -0.2) is 57.9 Å². The summed E-state index contributed by atoms with van der Waals surface area (Å²) in [4.78, 5) is 13.5. The molecule has 2 rings (SSSR count). The van der Waals surface area contributed by atoms with E-state index in [-0.39, 0.29) is 25.2 Å². The quantitative estimate of drug-likeness (QED) is 0.831. The second kappa shape index (κ2) is 6.86. The zero-order valence-corrected chi connectivity index (χ0v) is 13.5. The van der Waals surface area contributed by atoms with E-state index in [0.29, 0.717) is 5.25 Å². The lowest BCUT2D eigenvalue weighted by Gasteiger charge is -2.39. The van der Waals surface area contributed by atoms with Crippen molar-refractivity contribution in [1.82, 2.24) is 10.2 Å². The van der Waals surface area contributed by atoms with Crippen molar-refractivity contribution in [3.05, 3.63) is 0 Å². The van der Waals surface area contributed by atoms with Crippen LogP contribution in [-0.2, 0) is 0 Å². The van der Waals surface area contributed by atoms with Crippen molar-refractivity contribution in [2.45, 2.75) is 62.1 Å². The summed E-state index contributed by atoms with van der Waals surface area (Å²) in [5, 5.41) is 13.1. The van der Waals surface area contributed by atoms with Gasteiger partial charge in [-0.05, 0) is 25.0 Å². The summed E-state index contributed by atoms with van der Waals surface area (Å²) in [7, 11) is 0. The van der Waals surface area contributed by atoms with E-state index in [0.717, 1.165) is 25.0 Å². The van der Waals surface area contributed by atoms with Gasteiger partial charge < -0.3 is 15.3 Å². The van der Waals surface area contributed by atoms with Gasteiger partial charge in [0, 0.05) is 37.2 Å². The van der Waals surface area contributed by atoms with Gasteiger partial charge >= 0.3 is 12.2 Å². The Morgan fingerprint density at radius 2 is 2.00 bits per heavy atom. The number of aliphatic hydroxyl groups is 1. The molecule has 0 aromatic heterocycles. The summed E-state index contributed by atoms with van der Waals surface area (Å²) < 4.78 is 38.2. The van der Waals surface area contributed by atoms with E-state index in [4.69, 9.17) is 0 Å². The first-order chi connectivity index (χ1) is 10.2. The summed E-state index contributed by atoms with van der Waals surface area (Å²) in [5.41, 5.74) is -2.65. The molecule has 0 radical (unpaired) electrons. The molecule has 0 bridgehead atoms. The molecule has 2 atom stereocenters. The number of nitrogens with zero attached hydrogens (tertiary/aromatic N) is 1. The number of halogens is 3. The first-order valence-corrected chi connectivity index (χ1v) is 8.76. The number of carbonyl (C=O) groups is 1. The first-order valence-electron chi connectivity index (χ1n) is 7.71. The van der Waals surface area contributed by atoms with Crippen molar-refractivity contribution in [2.75, 3.05) is 18.8 Å². The number of thioether (sulfide) groups is 1. The van der Waals surface area contributed by atoms with Crippen molar-refractivity contribution in [3.63, 3.8) is 0 Å². The molecule has 1 aliphatic carbocycles. The maximum atomic E-state index is 12.7. The molecule has 0 spiro atoms. The number of alkyl halides is 3. The number of carbonyl (C=O) groups excluding carboxylic acids is 1. The molecule has 1 saturated heterocycles. The fraction of sp³-hybridized carbons (Fsp3) is 0.929. The van der Waals surface area contributed by atoms with Gasteiger partial charge in [0.15, 0.2) is 5.60 Å². The number of hydrogen-bond donors (Lipinski definition) is 2. The second-order valence-electron chi connectivity index (χ2n) is 6.05. The Morgan fingerprint density at radius 1 is 1.36 bits per heavy atom. The van der Waals surface area contributed by atoms with Gasteiger partial charge in [-0.1, -0.05) is 6.92 Å². The normalized spacial score (nSPS) is 28.7. The molecule has 2 aliphatic rings. The van der Waals surface area contributed by atoms with Crippen molar-refractivity contribution in [2.24, 2.45) is 0 Å². The minimum absolute atomic E-state index is 0.0678. The number of piperidine rings is 1. The zero-order chi connectivity index (χ0) is 16.4. The molecule has 8 heteroatoms. The number of urea groups is 1. The van der Waals surface area contributed by atoms with Gasteiger partial charge in [0.1, 0.15) is 0 Å². The highest BCUT2D eigenvalue weighted by molar-refractivity contribution is 7.99. The van der Waals surface area contributed by atoms with Crippen LogP contribution in [0.15, 0.2) is 0 Å². The number of likely N-dealkylation sites (tertiary alicyclic amines) is 1. The fourth-order valence-corrected chi connectivity index (χ4v) is 4.23. The predicted molar refractivity (Wildman–Crippen MR) is 79.9 cm³/mol. The average Bonchev–Trinajstić information content (AvgIpc) is 2.86. The van der Waals surface area contributed by atoms with Crippen LogP contribution in [0.4, 0.5) is 18.0 Å². The molecule has 4 nitrogen and oxygen atoms in total. The fourth-order valence-electron chi connectivity index (χ4n) is 3.09. The second-order valence-corrected chi connectivity index (χ2v) is 7.63. The molecule has 2 N–H and O–H groups in total. The van der Waals surface area contributed by atoms with Crippen molar-refractivity contribution in [3.8, 4) is 0 Å². The van der Waals surface area contributed by atoms with Crippen molar-refractivity contribution >= 4 is 17.8 Å². The molecule has 128 valence electrons. The third-order valence-corrected chi connectivity index (χ3v) is 5.75. The Kier molecular flexibility index (Phi) is 5.53. The van der Waals surface area contributed by atoms with E-state index >= 15 is 0 Å². The van der Waals surface area contributed by atoms with Crippen LogP contribution in [0.25, 0.3) is 0 Å². The van der Waals surface area contributed by atoms with Crippen LogP contribution < -0.4 is 5.32 Å². The summed E-state index contributed by atoms with van der Waals surface area (Å²) in [5.74, 6) is 1.05. The molecule has 1 aliphatic heterocycles. The summed E-state index contributed by atoms with van der Waals surface area (Å²) >= 11 is 1.88. The van der Waals surface area contributed by atoms with Gasteiger partial charge in [0.05, 0.1) is 0 Å². The molecule has 1 heterocycles. The average molecular weight is 340 g/mol. The Hall–Kier alpha value is -0.630. The predicted octanol–water partition coefficient (Wildman–Crippen LogP) is 2.76. The van der Waals surface area contributed by atoms with Crippen LogP contribution in [0.1, 0.15) is 39.0 Å². The zero-order valence-electron chi connectivity index (χ0n) is 12.7. The third kappa shape index (κ3) is 4.01. The van der Waals surface area contributed by atoms with Crippen LogP contribution in [0, 0.1) is 0 Å². The van der Waals surface area contributed by atoms with Crippen molar-refractivity contribution < 1.29 is 23.1 Å². The largest absolute Gasteiger partial charge is 0.417 e. The van der Waals surface area contributed by atoms with Crippen LogP contribution in [0.2, 0.25) is 0 Å². The van der Waals surface area contributed by atoms with Crippen molar-refractivity contribution in [1.29, 1.82) is 0 Å². The highest BCUT2D eigenvalue weighted by Crippen LogP contribution is 2.38. The van der Waals surface area contributed by atoms with E-state index in [1.165, 1.54) is 4.90 Å².